The van der Waals surface area contributed by atoms with Crippen LogP contribution in [0.5, 0.6) is 0 Å². The number of aryl methyl sites for hydroxylation is 1. The molecule has 1 unspecified atom stereocenters. The van der Waals surface area contributed by atoms with E-state index < -0.39 is 5.82 Å². The second-order valence-electron chi connectivity index (χ2n) is 6.98. The molecule has 142 valence electrons. The monoisotopic (exact) mass is 367 g/mol. The molecule has 0 spiro atoms. The van der Waals surface area contributed by atoms with Crippen molar-refractivity contribution >= 4 is 16.9 Å². The molecule has 1 heterocycles. The van der Waals surface area contributed by atoms with Crippen LogP contribution in [0, 0.1) is 11.7 Å². The molecule has 3 aromatic rings. The summed E-state index contributed by atoms with van der Waals surface area (Å²) in [5.74, 6) is 0.741. The van der Waals surface area contributed by atoms with Crippen molar-refractivity contribution in [2.75, 3.05) is 6.54 Å². The Balaban J connectivity index is 1.64. The number of para-hydroxylation sites is 2. The molecule has 0 fully saturated rings. The number of carbonyl (C=O) groups excluding carboxylic acids is 1. The summed E-state index contributed by atoms with van der Waals surface area (Å²) in [5, 5.41) is 2.80. The highest BCUT2D eigenvalue weighted by molar-refractivity contribution is 5.94. The summed E-state index contributed by atoms with van der Waals surface area (Å²) < 4.78 is 16.0. The van der Waals surface area contributed by atoms with Crippen LogP contribution in [0.25, 0.3) is 11.0 Å². The highest BCUT2D eigenvalue weighted by Gasteiger charge is 2.13. The molecule has 1 amide bonds. The zero-order chi connectivity index (χ0) is 19.2. The van der Waals surface area contributed by atoms with E-state index in [-0.39, 0.29) is 11.5 Å². The van der Waals surface area contributed by atoms with Crippen molar-refractivity contribution in [2.24, 2.45) is 5.92 Å². The number of benzene rings is 2. The summed E-state index contributed by atoms with van der Waals surface area (Å²) in [6.07, 6.45) is 2.64. The minimum atomic E-state index is -0.495. The molecule has 4 nitrogen and oxygen atoms in total. The van der Waals surface area contributed by atoms with Gasteiger partial charge in [0, 0.05) is 19.5 Å². The second kappa shape index (κ2) is 8.80. The van der Waals surface area contributed by atoms with Crippen molar-refractivity contribution in [3.05, 3.63) is 65.7 Å². The van der Waals surface area contributed by atoms with Gasteiger partial charge in [0.2, 0.25) is 0 Å². The van der Waals surface area contributed by atoms with Gasteiger partial charge in [-0.25, -0.2) is 9.37 Å². The fraction of sp³-hybridized carbons (Fsp3) is 0.364. The maximum absolute atomic E-state index is 13.7. The number of rotatable bonds is 8. The first-order valence-corrected chi connectivity index (χ1v) is 9.57. The van der Waals surface area contributed by atoms with Gasteiger partial charge in [0.15, 0.2) is 0 Å². The number of amides is 1. The van der Waals surface area contributed by atoms with Crippen molar-refractivity contribution in [1.29, 1.82) is 0 Å². The second-order valence-corrected chi connectivity index (χ2v) is 6.98. The van der Waals surface area contributed by atoms with Gasteiger partial charge in [-0.15, -0.1) is 0 Å². The van der Waals surface area contributed by atoms with Crippen LogP contribution in [-0.2, 0) is 13.0 Å². The van der Waals surface area contributed by atoms with Gasteiger partial charge < -0.3 is 9.88 Å². The molecule has 0 saturated carbocycles. The zero-order valence-corrected chi connectivity index (χ0v) is 15.9. The van der Waals surface area contributed by atoms with Gasteiger partial charge in [-0.2, -0.15) is 0 Å². The predicted molar refractivity (Wildman–Crippen MR) is 106 cm³/mol. The molecule has 2 aromatic carbocycles. The lowest BCUT2D eigenvalue weighted by molar-refractivity contribution is 0.0949. The first-order valence-electron chi connectivity index (χ1n) is 9.57. The zero-order valence-electron chi connectivity index (χ0n) is 15.9. The average Bonchev–Trinajstić information content (AvgIpc) is 3.02. The number of nitrogens with one attached hydrogen (secondary N) is 1. The number of halogens is 1. The van der Waals surface area contributed by atoms with Crippen LogP contribution in [0.4, 0.5) is 4.39 Å². The molecular weight excluding hydrogens is 341 g/mol. The van der Waals surface area contributed by atoms with Gasteiger partial charge in [-0.05, 0) is 36.6 Å². The van der Waals surface area contributed by atoms with E-state index in [0.717, 1.165) is 42.7 Å². The summed E-state index contributed by atoms with van der Waals surface area (Å²) in [4.78, 5) is 16.9. The van der Waals surface area contributed by atoms with Gasteiger partial charge in [-0.1, -0.05) is 44.5 Å². The lowest BCUT2D eigenvalue weighted by atomic mass is 10.1. The van der Waals surface area contributed by atoms with E-state index in [2.05, 4.69) is 29.8 Å². The van der Waals surface area contributed by atoms with Crippen LogP contribution in [-0.4, -0.2) is 22.0 Å². The van der Waals surface area contributed by atoms with Crippen LogP contribution in [0.15, 0.2) is 48.5 Å². The van der Waals surface area contributed by atoms with Gasteiger partial charge in [-0.3, -0.25) is 4.79 Å². The molecule has 5 heteroatoms. The summed E-state index contributed by atoms with van der Waals surface area (Å²) in [6.45, 7) is 5.86. The normalized spacial score (nSPS) is 12.3. The Bertz CT molecular complexity index is 919. The Morgan fingerprint density at radius 1 is 1.19 bits per heavy atom. The van der Waals surface area contributed by atoms with E-state index in [1.54, 1.807) is 12.1 Å². The molecule has 1 aromatic heterocycles. The van der Waals surface area contributed by atoms with Gasteiger partial charge in [0.25, 0.3) is 5.91 Å². The largest absolute Gasteiger partial charge is 0.352 e. The van der Waals surface area contributed by atoms with E-state index in [9.17, 15) is 9.18 Å². The topological polar surface area (TPSA) is 46.9 Å². The van der Waals surface area contributed by atoms with Crippen molar-refractivity contribution in [1.82, 2.24) is 14.9 Å². The lowest BCUT2D eigenvalue weighted by Crippen LogP contribution is -2.26. The third-order valence-corrected chi connectivity index (χ3v) is 4.91. The lowest BCUT2D eigenvalue weighted by Gasteiger charge is -2.14. The SMILES string of the molecule is CCC(C)Cn1c(CCCNC(=O)c2ccccc2F)nc2ccccc21. The van der Waals surface area contributed by atoms with Crippen LogP contribution < -0.4 is 5.32 Å². The highest BCUT2D eigenvalue weighted by atomic mass is 19.1. The molecular formula is C22H26FN3O. The molecule has 3 rings (SSSR count). The molecule has 27 heavy (non-hydrogen) atoms. The van der Waals surface area contributed by atoms with Gasteiger partial charge in [0.1, 0.15) is 11.6 Å². The van der Waals surface area contributed by atoms with Crippen molar-refractivity contribution in [3.8, 4) is 0 Å². The van der Waals surface area contributed by atoms with E-state index in [4.69, 9.17) is 4.98 Å². The fourth-order valence-electron chi connectivity index (χ4n) is 3.15. The fourth-order valence-corrected chi connectivity index (χ4v) is 3.15. The summed E-state index contributed by atoms with van der Waals surface area (Å²) >= 11 is 0. The summed E-state index contributed by atoms with van der Waals surface area (Å²) in [6, 6.07) is 14.2. The number of aromatic nitrogens is 2. The molecule has 0 aliphatic carbocycles. The number of fused-ring (bicyclic) bond motifs is 1. The molecule has 0 aliphatic heterocycles. The smallest absolute Gasteiger partial charge is 0.254 e. The predicted octanol–water partition coefficient (Wildman–Crippen LogP) is 4.58. The van der Waals surface area contributed by atoms with E-state index in [1.807, 2.05) is 18.2 Å². The van der Waals surface area contributed by atoms with Gasteiger partial charge >= 0.3 is 0 Å². The standard InChI is InChI=1S/C22H26FN3O/c1-3-16(2)15-26-20-12-7-6-11-19(20)25-21(26)13-8-14-24-22(27)17-9-4-5-10-18(17)23/h4-7,9-12,16H,3,8,13-15H2,1-2H3,(H,24,27). The molecule has 0 saturated heterocycles. The Kier molecular flexibility index (Phi) is 6.22. The molecule has 1 atom stereocenters. The first-order chi connectivity index (χ1) is 13.1. The Morgan fingerprint density at radius 2 is 1.93 bits per heavy atom. The molecule has 0 radical (unpaired) electrons. The number of nitrogens with zero attached hydrogens (tertiary/aromatic N) is 2. The Labute approximate surface area is 159 Å². The van der Waals surface area contributed by atoms with E-state index >= 15 is 0 Å². The van der Waals surface area contributed by atoms with Crippen molar-refractivity contribution < 1.29 is 9.18 Å². The van der Waals surface area contributed by atoms with Crippen LogP contribution >= 0.6 is 0 Å². The quantitative estimate of drug-likeness (QED) is 0.592. The van der Waals surface area contributed by atoms with Gasteiger partial charge in [0.05, 0.1) is 16.6 Å². The maximum Gasteiger partial charge on any atom is 0.254 e. The van der Waals surface area contributed by atoms with E-state index in [1.165, 1.54) is 12.1 Å². The van der Waals surface area contributed by atoms with Crippen molar-refractivity contribution in [2.45, 2.75) is 39.7 Å². The minimum Gasteiger partial charge on any atom is -0.352 e. The number of hydrogen-bond donors (Lipinski definition) is 1. The molecule has 0 bridgehead atoms. The number of hydrogen-bond acceptors (Lipinski definition) is 2. The Hall–Kier alpha value is -2.69. The molecule has 0 aliphatic rings. The van der Waals surface area contributed by atoms with E-state index in [0.29, 0.717) is 12.5 Å². The highest BCUT2D eigenvalue weighted by Crippen LogP contribution is 2.19. The van der Waals surface area contributed by atoms with Crippen LogP contribution in [0.3, 0.4) is 0 Å². The maximum atomic E-state index is 13.7. The third kappa shape index (κ3) is 4.54. The average molecular weight is 367 g/mol. The van der Waals surface area contributed by atoms with Crippen LogP contribution in [0.2, 0.25) is 0 Å². The van der Waals surface area contributed by atoms with Crippen LogP contribution in [0.1, 0.15) is 42.9 Å². The summed E-state index contributed by atoms with van der Waals surface area (Å²) in [7, 11) is 0. The molecule has 1 N–H and O–H groups in total. The minimum absolute atomic E-state index is 0.0847. The Morgan fingerprint density at radius 3 is 2.70 bits per heavy atom. The first kappa shape index (κ1) is 19.1. The van der Waals surface area contributed by atoms with Crippen molar-refractivity contribution in [3.63, 3.8) is 0 Å². The number of carbonyl (C=O) groups is 1. The summed E-state index contributed by atoms with van der Waals surface area (Å²) in [5.41, 5.74) is 2.25. The third-order valence-electron chi connectivity index (χ3n) is 4.91. The number of imidazole rings is 1.